The molecule has 0 fully saturated rings. The third-order valence-corrected chi connectivity index (χ3v) is 4.04. The lowest BCUT2D eigenvalue weighted by atomic mass is 9.90. The summed E-state index contributed by atoms with van der Waals surface area (Å²) in [7, 11) is 0. The lowest BCUT2D eigenvalue weighted by Gasteiger charge is -2.20. The van der Waals surface area contributed by atoms with E-state index in [2.05, 4.69) is 45.0 Å². The Morgan fingerprint density at radius 1 is 0.880 bits per heavy atom. The van der Waals surface area contributed by atoms with E-state index in [1.165, 1.54) is 16.7 Å². The third kappa shape index (κ3) is 6.12. The van der Waals surface area contributed by atoms with E-state index in [9.17, 15) is 0 Å². The lowest BCUT2D eigenvalue weighted by Crippen LogP contribution is -2.14. The molecule has 2 rings (SSSR count). The maximum Gasteiger partial charge on any atom is 0.0460 e. The van der Waals surface area contributed by atoms with Crippen molar-refractivity contribution in [3.05, 3.63) is 52.3 Å². The van der Waals surface area contributed by atoms with E-state index in [1.807, 2.05) is 6.92 Å². The average molecular weight is 407 g/mol. The summed E-state index contributed by atoms with van der Waals surface area (Å²) in [6.45, 7) is 9.53. The third-order valence-electron chi connectivity index (χ3n) is 4.04. The second-order valence-corrected chi connectivity index (χ2v) is 6.35. The summed E-state index contributed by atoms with van der Waals surface area (Å²) in [6, 6.07) is 8.57. The first-order chi connectivity index (χ1) is 10.5. The fraction of sp³-hybridized carbons (Fsp3) is 0.421. The number of hydrogen-bond acceptors (Lipinski definition) is 3. The summed E-state index contributed by atoms with van der Waals surface area (Å²) in [4.78, 5) is 4.80. The smallest absolute Gasteiger partial charge is 0.0460 e. The van der Waals surface area contributed by atoms with Crippen molar-refractivity contribution in [2.45, 2.75) is 47.2 Å². The fourth-order valence-corrected chi connectivity index (χ4v) is 2.94. The van der Waals surface area contributed by atoms with Gasteiger partial charge in [-0.2, -0.15) is 0 Å². The highest BCUT2D eigenvalue weighted by atomic mass is 35.5. The van der Waals surface area contributed by atoms with Crippen LogP contribution in [0.3, 0.4) is 0 Å². The highest BCUT2D eigenvalue weighted by molar-refractivity contribution is 5.86. The van der Waals surface area contributed by atoms with Crippen LogP contribution < -0.4 is 11.5 Å². The van der Waals surface area contributed by atoms with Crippen LogP contribution >= 0.6 is 37.2 Å². The molecule has 2 aromatic rings. The summed E-state index contributed by atoms with van der Waals surface area (Å²) >= 11 is 0. The molecular weight excluding hydrogens is 377 g/mol. The summed E-state index contributed by atoms with van der Waals surface area (Å²) < 4.78 is 0. The van der Waals surface area contributed by atoms with Gasteiger partial charge in [-0.05, 0) is 48.4 Å². The molecule has 142 valence electrons. The molecule has 1 aromatic heterocycles. The monoisotopic (exact) mass is 405 g/mol. The maximum absolute atomic E-state index is 6.09. The van der Waals surface area contributed by atoms with Gasteiger partial charge in [0.05, 0.1) is 0 Å². The van der Waals surface area contributed by atoms with Crippen LogP contribution in [0.2, 0.25) is 0 Å². The van der Waals surface area contributed by atoms with Gasteiger partial charge in [-0.1, -0.05) is 43.7 Å². The van der Waals surface area contributed by atoms with E-state index in [-0.39, 0.29) is 37.2 Å². The largest absolute Gasteiger partial charge is 0.326 e. The highest BCUT2D eigenvalue weighted by Gasteiger charge is 2.18. The zero-order valence-electron chi connectivity index (χ0n) is 15.3. The van der Waals surface area contributed by atoms with Crippen LogP contribution in [0.1, 0.15) is 41.9 Å². The Morgan fingerprint density at radius 2 is 1.40 bits per heavy atom. The number of nitrogens with two attached hydrogens (primary N) is 2. The first-order valence-corrected chi connectivity index (χ1v) is 7.96. The summed E-state index contributed by atoms with van der Waals surface area (Å²) in [5.41, 5.74) is 20.1. The predicted molar refractivity (Wildman–Crippen MR) is 115 cm³/mol. The van der Waals surface area contributed by atoms with Gasteiger partial charge in [0.2, 0.25) is 0 Å². The zero-order chi connectivity index (χ0) is 16.3. The van der Waals surface area contributed by atoms with Crippen molar-refractivity contribution in [3.8, 4) is 11.1 Å². The Balaban J connectivity index is 0. The van der Waals surface area contributed by atoms with Gasteiger partial charge in [-0.3, -0.25) is 4.98 Å². The molecule has 0 amide bonds. The van der Waals surface area contributed by atoms with Crippen LogP contribution in [0.4, 0.5) is 0 Å². The van der Waals surface area contributed by atoms with Crippen LogP contribution in [0, 0.1) is 19.8 Å². The molecule has 4 N–H and O–H groups in total. The summed E-state index contributed by atoms with van der Waals surface area (Å²) in [5.74, 6) is 0.548. The molecule has 6 heteroatoms. The minimum Gasteiger partial charge on any atom is -0.326 e. The lowest BCUT2D eigenvalue weighted by molar-refractivity contribution is 0.628. The van der Waals surface area contributed by atoms with Gasteiger partial charge < -0.3 is 11.5 Å². The quantitative estimate of drug-likeness (QED) is 0.753. The number of rotatable bonds is 5. The van der Waals surface area contributed by atoms with Crippen molar-refractivity contribution >= 4 is 37.2 Å². The fourth-order valence-electron chi connectivity index (χ4n) is 2.94. The number of nitrogens with zero attached hydrogens (tertiary/aromatic N) is 1. The van der Waals surface area contributed by atoms with E-state index in [1.54, 1.807) is 0 Å². The van der Waals surface area contributed by atoms with Gasteiger partial charge in [-0.15, -0.1) is 37.2 Å². The van der Waals surface area contributed by atoms with Gasteiger partial charge in [0, 0.05) is 24.5 Å². The molecule has 0 atom stereocenters. The molecular formula is C19H30Cl3N3. The minimum atomic E-state index is 0. The van der Waals surface area contributed by atoms with Crippen molar-refractivity contribution in [1.82, 2.24) is 4.98 Å². The van der Waals surface area contributed by atoms with Crippen molar-refractivity contribution in [2.24, 2.45) is 17.4 Å². The molecule has 0 aliphatic heterocycles. The molecule has 0 unspecified atom stereocenters. The van der Waals surface area contributed by atoms with Gasteiger partial charge in [0.15, 0.2) is 0 Å². The molecule has 25 heavy (non-hydrogen) atoms. The molecule has 0 saturated heterocycles. The average Bonchev–Trinajstić information content (AvgIpc) is 2.47. The van der Waals surface area contributed by atoms with Gasteiger partial charge >= 0.3 is 0 Å². The molecule has 0 spiro atoms. The van der Waals surface area contributed by atoms with Gasteiger partial charge in [0.25, 0.3) is 0 Å². The summed E-state index contributed by atoms with van der Waals surface area (Å²) in [5, 5.41) is 0. The Labute approximate surface area is 170 Å². The molecule has 1 heterocycles. The Hall–Kier alpha value is -0.840. The number of hydrogen-bond donors (Lipinski definition) is 2. The number of pyridine rings is 1. The van der Waals surface area contributed by atoms with Crippen LogP contribution in [-0.2, 0) is 19.5 Å². The molecule has 0 saturated carbocycles. The zero-order valence-corrected chi connectivity index (χ0v) is 17.8. The van der Waals surface area contributed by atoms with Crippen molar-refractivity contribution in [1.29, 1.82) is 0 Å². The standard InChI is InChI=1S/C19H27N3.3ClH/c1-12(2)9-18-17(11-21)19(16(10-20)14(4)22-18)15-7-5-13(3)6-8-15;;;/h5-8,12H,9-11,20-21H2,1-4H3;3*1H. The van der Waals surface area contributed by atoms with Crippen molar-refractivity contribution in [3.63, 3.8) is 0 Å². The van der Waals surface area contributed by atoms with Crippen molar-refractivity contribution < 1.29 is 0 Å². The number of halogens is 3. The molecule has 0 aliphatic rings. The highest BCUT2D eigenvalue weighted by Crippen LogP contribution is 2.32. The number of aryl methyl sites for hydroxylation is 2. The van der Waals surface area contributed by atoms with E-state index in [0.29, 0.717) is 19.0 Å². The molecule has 0 radical (unpaired) electrons. The molecule has 1 aromatic carbocycles. The second-order valence-electron chi connectivity index (χ2n) is 6.35. The molecule has 0 aliphatic carbocycles. The van der Waals surface area contributed by atoms with Crippen LogP contribution in [0.25, 0.3) is 11.1 Å². The Morgan fingerprint density at radius 3 is 1.84 bits per heavy atom. The second kappa shape index (κ2) is 11.7. The van der Waals surface area contributed by atoms with Crippen LogP contribution in [0.15, 0.2) is 24.3 Å². The summed E-state index contributed by atoms with van der Waals surface area (Å²) in [6.07, 6.45) is 0.942. The topological polar surface area (TPSA) is 64.9 Å². The van der Waals surface area contributed by atoms with E-state index >= 15 is 0 Å². The Kier molecular flexibility index (Phi) is 12.4. The van der Waals surface area contributed by atoms with E-state index in [0.717, 1.165) is 28.9 Å². The first-order valence-electron chi connectivity index (χ1n) is 7.96. The normalized spacial score (nSPS) is 9.88. The van der Waals surface area contributed by atoms with Crippen LogP contribution in [0.5, 0.6) is 0 Å². The minimum absolute atomic E-state index is 0. The van der Waals surface area contributed by atoms with Crippen molar-refractivity contribution in [2.75, 3.05) is 0 Å². The SMILES string of the molecule is Cc1ccc(-c2c(CN)c(C)nc(CC(C)C)c2CN)cc1.Cl.Cl.Cl. The molecule has 3 nitrogen and oxygen atoms in total. The number of benzene rings is 1. The van der Waals surface area contributed by atoms with Gasteiger partial charge in [0.1, 0.15) is 0 Å². The maximum atomic E-state index is 6.09. The predicted octanol–water partition coefficient (Wildman–Crippen LogP) is 4.75. The molecule has 0 bridgehead atoms. The first kappa shape index (κ1) is 26.4. The number of aromatic nitrogens is 1. The van der Waals surface area contributed by atoms with Crippen LogP contribution in [-0.4, -0.2) is 4.98 Å². The van der Waals surface area contributed by atoms with E-state index < -0.39 is 0 Å². The Bertz CT molecular complexity index is 656. The van der Waals surface area contributed by atoms with E-state index in [4.69, 9.17) is 16.5 Å². The van der Waals surface area contributed by atoms with Gasteiger partial charge in [-0.25, -0.2) is 0 Å².